The van der Waals surface area contributed by atoms with Crippen molar-refractivity contribution in [3.63, 3.8) is 0 Å². The Morgan fingerprint density at radius 3 is 2.35 bits per heavy atom. The first-order chi connectivity index (χ1) is 11.1. The number of carbonyl (C=O) groups excluding carboxylic acids is 1. The van der Waals surface area contributed by atoms with Crippen molar-refractivity contribution in [2.45, 2.75) is 20.1 Å². The summed E-state index contributed by atoms with van der Waals surface area (Å²) >= 11 is 0. The van der Waals surface area contributed by atoms with Crippen molar-refractivity contribution in [3.05, 3.63) is 71.3 Å². The molecule has 1 amide bonds. The summed E-state index contributed by atoms with van der Waals surface area (Å²) in [5, 5.41) is 9.02. The van der Waals surface area contributed by atoms with Crippen molar-refractivity contribution in [2.75, 3.05) is 6.54 Å². The highest BCUT2D eigenvalue weighted by Crippen LogP contribution is 2.12. The van der Waals surface area contributed by atoms with Gasteiger partial charge in [0.1, 0.15) is 13.2 Å². The first-order valence-corrected chi connectivity index (χ1v) is 7.28. The molecule has 5 nitrogen and oxygen atoms in total. The van der Waals surface area contributed by atoms with E-state index in [-0.39, 0.29) is 13.2 Å². The monoisotopic (exact) mass is 313 g/mol. The van der Waals surface area contributed by atoms with Gasteiger partial charge in [-0.2, -0.15) is 0 Å². The fourth-order valence-electron chi connectivity index (χ4n) is 2.15. The number of rotatable bonds is 6. The molecule has 0 aliphatic heterocycles. The smallest absolute Gasteiger partial charge is 0.410 e. The second-order valence-corrected chi connectivity index (χ2v) is 5.22. The highest BCUT2D eigenvalue weighted by Gasteiger charge is 2.19. The maximum atomic E-state index is 12.2. The molecule has 0 aliphatic carbocycles. The highest BCUT2D eigenvalue weighted by atomic mass is 16.6. The number of nitrogens with zero attached hydrogens (tertiary/aromatic N) is 1. The molecule has 23 heavy (non-hydrogen) atoms. The van der Waals surface area contributed by atoms with Crippen LogP contribution in [0.4, 0.5) is 4.79 Å². The van der Waals surface area contributed by atoms with Crippen molar-refractivity contribution < 1.29 is 19.4 Å². The standard InChI is InChI=1S/C18H19NO4/c1-14-7-5-6-10-16(14)11-19(12-17(20)21)18(22)23-13-15-8-3-2-4-9-15/h2-10H,11-13H2,1H3,(H,20,21). The summed E-state index contributed by atoms with van der Waals surface area (Å²) in [6.07, 6.45) is -0.639. The molecule has 0 unspecified atom stereocenters. The van der Waals surface area contributed by atoms with Gasteiger partial charge in [0.15, 0.2) is 0 Å². The number of aryl methyl sites for hydroxylation is 1. The number of hydrogen-bond acceptors (Lipinski definition) is 3. The van der Waals surface area contributed by atoms with E-state index in [9.17, 15) is 9.59 Å². The van der Waals surface area contributed by atoms with E-state index in [0.717, 1.165) is 16.7 Å². The summed E-state index contributed by atoms with van der Waals surface area (Å²) in [5.74, 6) is -1.07. The van der Waals surface area contributed by atoms with E-state index in [2.05, 4.69) is 0 Å². The van der Waals surface area contributed by atoms with Crippen LogP contribution in [0.5, 0.6) is 0 Å². The van der Waals surface area contributed by atoms with Crippen LogP contribution >= 0.6 is 0 Å². The number of carbonyl (C=O) groups is 2. The summed E-state index contributed by atoms with van der Waals surface area (Å²) < 4.78 is 5.23. The van der Waals surface area contributed by atoms with E-state index in [0.29, 0.717) is 0 Å². The van der Waals surface area contributed by atoms with Gasteiger partial charge >= 0.3 is 12.1 Å². The van der Waals surface area contributed by atoms with E-state index in [1.807, 2.05) is 61.5 Å². The second kappa shape index (κ2) is 7.98. The predicted octanol–water partition coefficient (Wildman–Crippen LogP) is 3.22. The third-order valence-corrected chi connectivity index (χ3v) is 3.41. The van der Waals surface area contributed by atoms with Gasteiger partial charge in [-0.1, -0.05) is 54.6 Å². The molecule has 120 valence electrons. The van der Waals surface area contributed by atoms with Crippen LogP contribution in [0.1, 0.15) is 16.7 Å². The van der Waals surface area contributed by atoms with Gasteiger partial charge < -0.3 is 9.84 Å². The molecule has 0 aromatic heterocycles. The molecule has 0 saturated carbocycles. The van der Waals surface area contributed by atoms with Gasteiger partial charge in [-0.25, -0.2) is 4.79 Å². The Hall–Kier alpha value is -2.82. The highest BCUT2D eigenvalue weighted by molar-refractivity contribution is 5.76. The average Bonchev–Trinajstić information content (AvgIpc) is 2.54. The largest absolute Gasteiger partial charge is 0.480 e. The van der Waals surface area contributed by atoms with Crippen molar-refractivity contribution in [3.8, 4) is 0 Å². The molecule has 5 heteroatoms. The third kappa shape index (κ3) is 5.14. The lowest BCUT2D eigenvalue weighted by Gasteiger charge is -2.21. The van der Waals surface area contributed by atoms with E-state index in [1.54, 1.807) is 0 Å². The van der Waals surface area contributed by atoms with Gasteiger partial charge in [-0.15, -0.1) is 0 Å². The van der Waals surface area contributed by atoms with E-state index in [4.69, 9.17) is 9.84 Å². The number of carboxylic acid groups (broad SMARTS) is 1. The molecule has 0 bridgehead atoms. The molecular formula is C18H19NO4. The Bertz CT molecular complexity index is 670. The fraction of sp³-hybridized carbons (Fsp3) is 0.222. The van der Waals surface area contributed by atoms with Gasteiger partial charge in [0.25, 0.3) is 0 Å². The van der Waals surface area contributed by atoms with Crippen molar-refractivity contribution in [2.24, 2.45) is 0 Å². The van der Waals surface area contributed by atoms with Gasteiger partial charge in [0.05, 0.1) is 0 Å². The van der Waals surface area contributed by atoms with Crippen LogP contribution in [-0.2, 0) is 22.7 Å². The SMILES string of the molecule is Cc1ccccc1CN(CC(=O)O)C(=O)OCc1ccccc1. The molecule has 1 N–H and O–H groups in total. The predicted molar refractivity (Wildman–Crippen MR) is 85.9 cm³/mol. The Balaban J connectivity index is 2.03. The molecule has 0 saturated heterocycles. The minimum Gasteiger partial charge on any atom is -0.480 e. The number of benzene rings is 2. The van der Waals surface area contributed by atoms with Crippen molar-refractivity contribution >= 4 is 12.1 Å². The summed E-state index contributed by atoms with van der Waals surface area (Å²) in [5.41, 5.74) is 2.75. The Kier molecular flexibility index (Phi) is 5.74. The summed E-state index contributed by atoms with van der Waals surface area (Å²) in [6, 6.07) is 16.8. The van der Waals surface area contributed by atoms with Crippen LogP contribution in [0.15, 0.2) is 54.6 Å². The van der Waals surface area contributed by atoms with Gasteiger partial charge in [-0.3, -0.25) is 9.69 Å². The lowest BCUT2D eigenvalue weighted by molar-refractivity contribution is -0.138. The maximum absolute atomic E-state index is 12.2. The lowest BCUT2D eigenvalue weighted by atomic mass is 10.1. The Morgan fingerprint density at radius 2 is 1.70 bits per heavy atom. The van der Waals surface area contributed by atoms with Crippen LogP contribution in [0.3, 0.4) is 0 Å². The zero-order chi connectivity index (χ0) is 16.7. The fourth-order valence-corrected chi connectivity index (χ4v) is 2.15. The van der Waals surface area contributed by atoms with Crippen LogP contribution in [0, 0.1) is 6.92 Å². The molecular weight excluding hydrogens is 294 g/mol. The van der Waals surface area contributed by atoms with Crippen LogP contribution in [0.2, 0.25) is 0 Å². The lowest BCUT2D eigenvalue weighted by Crippen LogP contribution is -2.35. The zero-order valence-corrected chi connectivity index (χ0v) is 12.9. The minimum absolute atomic E-state index is 0.115. The average molecular weight is 313 g/mol. The molecule has 2 rings (SSSR count). The zero-order valence-electron chi connectivity index (χ0n) is 12.9. The van der Waals surface area contributed by atoms with E-state index < -0.39 is 18.6 Å². The number of ether oxygens (including phenoxy) is 1. The van der Waals surface area contributed by atoms with Crippen molar-refractivity contribution in [1.29, 1.82) is 0 Å². The molecule has 2 aromatic rings. The molecule has 0 spiro atoms. The molecule has 0 atom stereocenters. The number of aliphatic carboxylic acids is 1. The maximum Gasteiger partial charge on any atom is 0.410 e. The summed E-state index contributed by atoms with van der Waals surface area (Å²) in [6.45, 7) is 1.84. The van der Waals surface area contributed by atoms with E-state index >= 15 is 0 Å². The summed E-state index contributed by atoms with van der Waals surface area (Å²) in [7, 11) is 0. The van der Waals surface area contributed by atoms with Crippen molar-refractivity contribution in [1.82, 2.24) is 4.90 Å². The molecule has 0 heterocycles. The van der Waals surface area contributed by atoms with Gasteiger partial charge in [-0.05, 0) is 23.6 Å². The van der Waals surface area contributed by atoms with Crippen LogP contribution in [0.25, 0.3) is 0 Å². The quantitative estimate of drug-likeness (QED) is 0.889. The molecule has 0 aliphatic rings. The van der Waals surface area contributed by atoms with Gasteiger partial charge in [0.2, 0.25) is 0 Å². The normalized spacial score (nSPS) is 10.1. The number of amides is 1. The minimum atomic E-state index is -1.07. The topological polar surface area (TPSA) is 66.8 Å². The molecule has 0 radical (unpaired) electrons. The Morgan fingerprint density at radius 1 is 1.04 bits per heavy atom. The third-order valence-electron chi connectivity index (χ3n) is 3.41. The van der Waals surface area contributed by atoms with Crippen LogP contribution in [-0.4, -0.2) is 28.6 Å². The molecule has 0 fully saturated rings. The molecule has 2 aromatic carbocycles. The van der Waals surface area contributed by atoms with Crippen LogP contribution < -0.4 is 0 Å². The number of carboxylic acids is 1. The second-order valence-electron chi connectivity index (χ2n) is 5.22. The summed E-state index contributed by atoms with van der Waals surface area (Å²) in [4.78, 5) is 24.4. The first-order valence-electron chi connectivity index (χ1n) is 7.28. The van der Waals surface area contributed by atoms with E-state index in [1.165, 1.54) is 4.90 Å². The number of hydrogen-bond donors (Lipinski definition) is 1. The Labute approximate surface area is 135 Å². The first kappa shape index (κ1) is 16.5. The van der Waals surface area contributed by atoms with Gasteiger partial charge in [0, 0.05) is 6.54 Å².